The summed E-state index contributed by atoms with van der Waals surface area (Å²) in [4.78, 5) is 35.6. The van der Waals surface area contributed by atoms with Crippen molar-refractivity contribution in [3.8, 4) is 11.1 Å². The summed E-state index contributed by atoms with van der Waals surface area (Å²) >= 11 is 0. The van der Waals surface area contributed by atoms with E-state index < -0.39 is 36.2 Å². The number of carboxylic acids is 1. The van der Waals surface area contributed by atoms with Crippen molar-refractivity contribution >= 4 is 18.0 Å². The largest absolute Gasteiger partial charge is 0.480 e. The molecule has 0 spiro atoms. The molecule has 0 fully saturated rings. The summed E-state index contributed by atoms with van der Waals surface area (Å²) in [7, 11) is 0. The Kier molecular flexibility index (Phi) is 6.07. The second-order valence-corrected chi connectivity index (χ2v) is 7.62. The number of aliphatic carboxylic acids is 1. The van der Waals surface area contributed by atoms with E-state index in [-0.39, 0.29) is 12.5 Å². The van der Waals surface area contributed by atoms with Crippen molar-refractivity contribution in [3.05, 3.63) is 59.7 Å². The number of alkyl carbamates (subject to hydrolysis) is 1. The molecular weight excluding hydrogens is 388 g/mol. The van der Waals surface area contributed by atoms with Gasteiger partial charge in [0.05, 0.1) is 6.61 Å². The van der Waals surface area contributed by atoms with E-state index in [1.165, 1.54) is 13.8 Å². The molecule has 3 rings (SSSR count). The molecule has 0 saturated heterocycles. The van der Waals surface area contributed by atoms with Crippen LogP contribution < -0.4 is 10.6 Å². The molecule has 0 bridgehead atoms. The monoisotopic (exact) mass is 412 g/mol. The number of hydrogen-bond acceptors (Lipinski definition) is 5. The molecule has 158 valence electrons. The molecule has 8 nitrogen and oxygen atoms in total. The van der Waals surface area contributed by atoms with Crippen LogP contribution in [-0.2, 0) is 14.3 Å². The molecule has 1 aliphatic rings. The highest BCUT2D eigenvalue weighted by Crippen LogP contribution is 2.44. The molecular formula is C22H24N2O6. The van der Waals surface area contributed by atoms with Crippen molar-refractivity contribution in [1.82, 2.24) is 10.6 Å². The number of rotatable bonds is 7. The van der Waals surface area contributed by atoms with Gasteiger partial charge >= 0.3 is 12.1 Å². The number of hydrogen-bond donors (Lipinski definition) is 4. The minimum atomic E-state index is -1.46. The third-order valence-electron chi connectivity index (χ3n) is 5.11. The second kappa shape index (κ2) is 8.54. The van der Waals surface area contributed by atoms with E-state index >= 15 is 0 Å². The summed E-state index contributed by atoms with van der Waals surface area (Å²) in [5.41, 5.74) is 2.90. The molecule has 0 unspecified atom stereocenters. The fourth-order valence-electron chi connectivity index (χ4n) is 3.47. The first-order valence-corrected chi connectivity index (χ1v) is 9.52. The van der Waals surface area contributed by atoms with Gasteiger partial charge in [-0.15, -0.1) is 0 Å². The molecule has 4 N–H and O–H groups in total. The molecule has 2 aromatic carbocycles. The number of carboxylic acid groups (broad SMARTS) is 1. The van der Waals surface area contributed by atoms with Crippen molar-refractivity contribution < 1.29 is 29.3 Å². The molecule has 8 heteroatoms. The predicted molar refractivity (Wildman–Crippen MR) is 109 cm³/mol. The van der Waals surface area contributed by atoms with Crippen LogP contribution in [0, 0.1) is 0 Å². The predicted octanol–water partition coefficient (Wildman–Crippen LogP) is 1.87. The first-order chi connectivity index (χ1) is 14.2. The van der Waals surface area contributed by atoms with E-state index in [4.69, 9.17) is 14.9 Å². The van der Waals surface area contributed by atoms with Crippen LogP contribution in [0.4, 0.5) is 4.79 Å². The number of carbonyl (C=O) groups is 3. The molecule has 1 atom stereocenters. The zero-order chi connectivity index (χ0) is 21.9. The topological polar surface area (TPSA) is 125 Å². The highest BCUT2D eigenvalue weighted by atomic mass is 16.5. The minimum absolute atomic E-state index is 0.0892. The molecule has 2 aromatic rings. The highest BCUT2D eigenvalue weighted by Gasteiger charge is 2.34. The van der Waals surface area contributed by atoms with Gasteiger partial charge in [-0.1, -0.05) is 48.5 Å². The maximum absolute atomic E-state index is 12.4. The quantitative estimate of drug-likeness (QED) is 0.550. The lowest BCUT2D eigenvalue weighted by Crippen LogP contribution is -2.58. The summed E-state index contributed by atoms with van der Waals surface area (Å²) in [6, 6.07) is 14.4. The Morgan fingerprint density at radius 1 is 1.03 bits per heavy atom. The fraction of sp³-hybridized carbons (Fsp3) is 0.318. The summed E-state index contributed by atoms with van der Waals surface area (Å²) in [5.74, 6) is -2.24. The van der Waals surface area contributed by atoms with Crippen LogP contribution in [0.25, 0.3) is 11.1 Å². The van der Waals surface area contributed by atoms with E-state index in [1.54, 1.807) is 0 Å². The third-order valence-corrected chi connectivity index (χ3v) is 5.11. The molecule has 30 heavy (non-hydrogen) atoms. The SMILES string of the molecule is CC(C)(NC(=O)OCC1c2ccccc2-c2ccccc21)C(=O)N[C@@H](CO)C(=O)O. The number of fused-ring (bicyclic) bond motifs is 3. The highest BCUT2D eigenvalue weighted by molar-refractivity contribution is 5.92. The zero-order valence-corrected chi connectivity index (χ0v) is 16.7. The first kappa shape index (κ1) is 21.3. The van der Waals surface area contributed by atoms with E-state index in [1.807, 2.05) is 48.5 Å². The van der Waals surface area contributed by atoms with Gasteiger partial charge in [0.25, 0.3) is 0 Å². The normalized spacial score (nSPS) is 13.7. The molecule has 2 amide bonds. The standard InChI is InChI=1S/C22H24N2O6/c1-22(2,20(28)23-18(11-25)19(26)27)24-21(29)30-12-17-15-9-5-3-7-13(15)14-8-4-6-10-16(14)17/h3-10,17-18,25H,11-12H2,1-2H3,(H,23,28)(H,24,29)(H,26,27)/t18-/m0/s1. The smallest absolute Gasteiger partial charge is 0.408 e. The number of aliphatic hydroxyl groups excluding tert-OH is 1. The van der Waals surface area contributed by atoms with Crippen molar-refractivity contribution in [2.75, 3.05) is 13.2 Å². The maximum Gasteiger partial charge on any atom is 0.408 e. The van der Waals surface area contributed by atoms with Gasteiger partial charge in [0, 0.05) is 5.92 Å². The Morgan fingerprint density at radius 3 is 2.07 bits per heavy atom. The lowest BCUT2D eigenvalue weighted by Gasteiger charge is -2.26. The van der Waals surface area contributed by atoms with E-state index in [0.717, 1.165) is 22.3 Å². The van der Waals surface area contributed by atoms with Gasteiger partial charge in [-0.05, 0) is 36.1 Å². The fourth-order valence-corrected chi connectivity index (χ4v) is 3.47. The number of aliphatic hydroxyl groups is 1. The van der Waals surface area contributed by atoms with Gasteiger partial charge in [-0.2, -0.15) is 0 Å². The van der Waals surface area contributed by atoms with Gasteiger partial charge in [0.2, 0.25) is 5.91 Å². The van der Waals surface area contributed by atoms with Crippen LogP contribution in [0.5, 0.6) is 0 Å². The molecule has 0 aromatic heterocycles. The summed E-state index contributed by atoms with van der Waals surface area (Å²) in [6.07, 6.45) is -0.798. The number of amides is 2. The summed E-state index contributed by atoms with van der Waals surface area (Å²) < 4.78 is 5.41. The number of ether oxygens (including phenoxy) is 1. The zero-order valence-electron chi connectivity index (χ0n) is 16.7. The Balaban J connectivity index is 1.65. The van der Waals surface area contributed by atoms with Crippen molar-refractivity contribution in [1.29, 1.82) is 0 Å². The van der Waals surface area contributed by atoms with Crippen LogP contribution in [0.15, 0.2) is 48.5 Å². The molecule has 0 saturated carbocycles. The average Bonchev–Trinajstić information content (AvgIpc) is 3.03. The van der Waals surface area contributed by atoms with Crippen LogP contribution >= 0.6 is 0 Å². The summed E-state index contributed by atoms with van der Waals surface area (Å²) in [6.45, 7) is 2.16. The number of nitrogens with one attached hydrogen (secondary N) is 2. The second-order valence-electron chi connectivity index (χ2n) is 7.62. The molecule has 0 radical (unpaired) electrons. The van der Waals surface area contributed by atoms with E-state index in [0.29, 0.717) is 0 Å². The van der Waals surface area contributed by atoms with Gasteiger partial charge in [0.15, 0.2) is 0 Å². The molecule has 0 heterocycles. The van der Waals surface area contributed by atoms with Crippen LogP contribution in [-0.4, -0.2) is 53.0 Å². The first-order valence-electron chi connectivity index (χ1n) is 9.52. The van der Waals surface area contributed by atoms with Gasteiger partial charge < -0.3 is 25.6 Å². The van der Waals surface area contributed by atoms with Crippen LogP contribution in [0.3, 0.4) is 0 Å². The van der Waals surface area contributed by atoms with Crippen molar-refractivity contribution in [2.45, 2.75) is 31.3 Å². The maximum atomic E-state index is 12.4. The van der Waals surface area contributed by atoms with Crippen molar-refractivity contribution in [2.24, 2.45) is 0 Å². The Morgan fingerprint density at radius 2 is 1.57 bits per heavy atom. The number of carbonyl (C=O) groups excluding carboxylic acids is 2. The average molecular weight is 412 g/mol. The van der Waals surface area contributed by atoms with Gasteiger partial charge in [0.1, 0.15) is 18.2 Å². The Bertz CT molecular complexity index is 926. The van der Waals surface area contributed by atoms with Crippen LogP contribution in [0.2, 0.25) is 0 Å². The minimum Gasteiger partial charge on any atom is -0.480 e. The Labute approximate surface area is 173 Å². The molecule has 0 aliphatic heterocycles. The lowest BCUT2D eigenvalue weighted by molar-refractivity contribution is -0.143. The Hall–Kier alpha value is -3.39. The van der Waals surface area contributed by atoms with E-state index in [9.17, 15) is 14.4 Å². The number of benzene rings is 2. The van der Waals surface area contributed by atoms with Crippen molar-refractivity contribution in [3.63, 3.8) is 0 Å². The third kappa shape index (κ3) is 4.28. The van der Waals surface area contributed by atoms with E-state index in [2.05, 4.69) is 10.6 Å². The van der Waals surface area contributed by atoms with Crippen LogP contribution in [0.1, 0.15) is 30.9 Å². The molecule has 1 aliphatic carbocycles. The van der Waals surface area contributed by atoms with Gasteiger partial charge in [-0.25, -0.2) is 9.59 Å². The summed E-state index contributed by atoms with van der Waals surface area (Å²) in [5, 5.41) is 22.6. The van der Waals surface area contributed by atoms with Gasteiger partial charge in [-0.3, -0.25) is 4.79 Å². The lowest BCUT2D eigenvalue weighted by atomic mass is 9.98.